The number of benzene rings is 8. The first-order chi connectivity index (χ1) is 22.7. The van der Waals surface area contributed by atoms with Crippen molar-refractivity contribution < 1.29 is 0 Å². The predicted octanol–water partition coefficient (Wildman–Crippen LogP) is 12.7. The number of nitrogens with zero attached hydrogens (tertiary/aromatic N) is 2. The lowest BCUT2D eigenvalue weighted by molar-refractivity contribution is 1.28. The Balaban J connectivity index is 1.53. The van der Waals surface area contributed by atoms with E-state index in [1.54, 1.807) is 0 Å². The van der Waals surface area contributed by atoms with Gasteiger partial charge < -0.3 is 9.80 Å². The van der Waals surface area contributed by atoms with Crippen LogP contribution in [0.25, 0.3) is 32.3 Å². The molecular weight excluding hydrogens is 556 g/mol. The van der Waals surface area contributed by atoms with Gasteiger partial charge in [0.15, 0.2) is 0 Å². The fraction of sp³-hybridized carbons (Fsp3) is 0.0455. The summed E-state index contributed by atoms with van der Waals surface area (Å²) in [5, 5.41) is 7.36. The van der Waals surface area contributed by atoms with E-state index in [1.807, 2.05) is 0 Å². The molecule has 8 aromatic carbocycles. The molecule has 0 aromatic heterocycles. The van der Waals surface area contributed by atoms with Crippen molar-refractivity contribution in [3.05, 3.63) is 181 Å². The second-order valence-corrected chi connectivity index (χ2v) is 12.0. The summed E-state index contributed by atoms with van der Waals surface area (Å²) in [7, 11) is 0. The van der Waals surface area contributed by atoms with Gasteiger partial charge in [0.1, 0.15) is 0 Å². The minimum Gasteiger partial charge on any atom is -0.310 e. The van der Waals surface area contributed by atoms with Crippen LogP contribution in [0.1, 0.15) is 11.1 Å². The molecule has 0 heterocycles. The second-order valence-electron chi connectivity index (χ2n) is 12.0. The van der Waals surface area contributed by atoms with Gasteiger partial charge in [0, 0.05) is 33.5 Å². The first-order valence-electron chi connectivity index (χ1n) is 15.9. The molecule has 0 spiro atoms. The summed E-state index contributed by atoms with van der Waals surface area (Å²) in [5.74, 6) is 0. The van der Waals surface area contributed by atoms with E-state index in [9.17, 15) is 0 Å². The highest BCUT2D eigenvalue weighted by Gasteiger charge is 2.22. The Hall–Kier alpha value is -5.86. The number of para-hydroxylation sites is 2. The molecule has 2 heteroatoms. The zero-order valence-electron chi connectivity index (χ0n) is 26.1. The summed E-state index contributed by atoms with van der Waals surface area (Å²) in [4.78, 5) is 4.81. The van der Waals surface area contributed by atoms with Crippen LogP contribution in [0.3, 0.4) is 0 Å². The van der Waals surface area contributed by atoms with Crippen molar-refractivity contribution in [2.24, 2.45) is 0 Å². The number of rotatable bonds is 6. The molecule has 0 aliphatic heterocycles. The lowest BCUT2D eigenvalue weighted by Gasteiger charge is -2.31. The normalized spacial score (nSPS) is 11.3. The predicted molar refractivity (Wildman–Crippen MR) is 198 cm³/mol. The highest BCUT2D eigenvalue weighted by Crippen LogP contribution is 2.48. The third-order valence-corrected chi connectivity index (χ3v) is 8.93. The highest BCUT2D eigenvalue weighted by atomic mass is 15.2. The molecule has 8 aromatic rings. The molecule has 0 bridgehead atoms. The summed E-state index contributed by atoms with van der Waals surface area (Å²) in [5.41, 5.74) is 9.27. The molecule has 0 saturated heterocycles. The van der Waals surface area contributed by atoms with Crippen LogP contribution in [0.4, 0.5) is 34.1 Å². The molecule has 0 fully saturated rings. The van der Waals surface area contributed by atoms with E-state index in [-0.39, 0.29) is 0 Å². The third kappa shape index (κ3) is 4.85. The summed E-state index contributed by atoms with van der Waals surface area (Å²) >= 11 is 0. The molecule has 0 aliphatic rings. The van der Waals surface area contributed by atoms with E-state index < -0.39 is 0 Å². The molecule has 0 unspecified atom stereocenters. The maximum Gasteiger partial charge on any atom is 0.0547 e. The van der Waals surface area contributed by atoms with E-state index in [2.05, 4.69) is 194 Å². The number of aryl methyl sites for hydroxylation is 2. The SMILES string of the molecule is Cc1ccc(N(c2ccccc2)c2cc3c4ccccc4ccc3c3c(N(c4ccccc4)c4ccc(C)cc4)cccc23)cc1. The van der Waals surface area contributed by atoms with Gasteiger partial charge in [0.25, 0.3) is 0 Å². The zero-order chi connectivity index (χ0) is 31.0. The van der Waals surface area contributed by atoms with Gasteiger partial charge in [-0.15, -0.1) is 0 Å². The second kappa shape index (κ2) is 11.6. The molecule has 46 heavy (non-hydrogen) atoms. The Morgan fingerprint density at radius 3 is 1.43 bits per heavy atom. The Kier molecular flexibility index (Phi) is 6.96. The van der Waals surface area contributed by atoms with Crippen molar-refractivity contribution in [2.75, 3.05) is 9.80 Å². The largest absolute Gasteiger partial charge is 0.310 e. The smallest absolute Gasteiger partial charge is 0.0547 e. The number of anilines is 6. The number of hydrogen-bond donors (Lipinski definition) is 0. The number of fused-ring (bicyclic) bond motifs is 5. The summed E-state index contributed by atoms with van der Waals surface area (Å²) in [6.07, 6.45) is 0. The standard InChI is InChI=1S/C44H34N2/c1-31-20-25-36(26-21-31)45(34-13-5-3-6-14-34)42-19-11-18-40-43(30-41-38-17-10-9-12-33(38)24-29-39(41)44(40)42)46(35-15-7-4-8-16-35)37-27-22-32(2)23-28-37/h3-30H,1-2H3. The van der Waals surface area contributed by atoms with Gasteiger partial charge in [-0.3, -0.25) is 0 Å². The van der Waals surface area contributed by atoms with E-state index >= 15 is 0 Å². The van der Waals surface area contributed by atoms with Gasteiger partial charge in [-0.2, -0.15) is 0 Å². The topological polar surface area (TPSA) is 6.48 Å². The van der Waals surface area contributed by atoms with E-state index in [1.165, 1.54) is 43.4 Å². The van der Waals surface area contributed by atoms with Crippen LogP contribution in [0.5, 0.6) is 0 Å². The molecule has 8 rings (SSSR count). The van der Waals surface area contributed by atoms with Gasteiger partial charge in [0.2, 0.25) is 0 Å². The zero-order valence-corrected chi connectivity index (χ0v) is 26.1. The van der Waals surface area contributed by atoms with Gasteiger partial charge in [-0.25, -0.2) is 0 Å². The van der Waals surface area contributed by atoms with Crippen LogP contribution in [0, 0.1) is 13.8 Å². The highest BCUT2D eigenvalue weighted by molar-refractivity contribution is 6.25. The molecule has 0 radical (unpaired) electrons. The minimum atomic E-state index is 1.12. The number of hydrogen-bond acceptors (Lipinski definition) is 2. The van der Waals surface area contributed by atoms with Crippen molar-refractivity contribution in [1.29, 1.82) is 0 Å². The summed E-state index contributed by atoms with van der Waals surface area (Å²) in [6, 6.07) is 61.6. The quantitative estimate of drug-likeness (QED) is 0.178. The van der Waals surface area contributed by atoms with Crippen molar-refractivity contribution in [2.45, 2.75) is 13.8 Å². The molecule has 0 atom stereocenters. The monoisotopic (exact) mass is 590 g/mol. The average Bonchev–Trinajstić information content (AvgIpc) is 3.11. The molecule has 2 nitrogen and oxygen atoms in total. The van der Waals surface area contributed by atoms with Crippen LogP contribution in [-0.2, 0) is 0 Å². The summed E-state index contributed by atoms with van der Waals surface area (Å²) < 4.78 is 0. The van der Waals surface area contributed by atoms with Gasteiger partial charge >= 0.3 is 0 Å². The van der Waals surface area contributed by atoms with E-state index in [4.69, 9.17) is 0 Å². The third-order valence-electron chi connectivity index (χ3n) is 8.93. The Labute approximate surface area is 270 Å². The average molecular weight is 591 g/mol. The van der Waals surface area contributed by atoms with Crippen molar-refractivity contribution in [3.8, 4) is 0 Å². The Bertz CT molecular complexity index is 2310. The maximum absolute atomic E-state index is 2.41. The Morgan fingerprint density at radius 1 is 0.326 bits per heavy atom. The van der Waals surface area contributed by atoms with Crippen LogP contribution < -0.4 is 9.80 Å². The minimum absolute atomic E-state index is 1.12. The van der Waals surface area contributed by atoms with Crippen molar-refractivity contribution >= 4 is 66.4 Å². The fourth-order valence-electron chi connectivity index (χ4n) is 6.69. The molecule has 220 valence electrons. The lowest BCUT2D eigenvalue weighted by Crippen LogP contribution is -2.13. The van der Waals surface area contributed by atoms with Crippen LogP contribution in [0.2, 0.25) is 0 Å². The Morgan fingerprint density at radius 2 is 0.826 bits per heavy atom. The molecule has 0 N–H and O–H groups in total. The van der Waals surface area contributed by atoms with Crippen LogP contribution >= 0.6 is 0 Å². The van der Waals surface area contributed by atoms with E-state index in [0.29, 0.717) is 0 Å². The molecular formula is C44H34N2. The first kappa shape index (κ1) is 27.7. The van der Waals surface area contributed by atoms with Crippen molar-refractivity contribution in [3.63, 3.8) is 0 Å². The van der Waals surface area contributed by atoms with Gasteiger partial charge in [-0.05, 0) is 96.1 Å². The summed E-state index contributed by atoms with van der Waals surface area (Å²) in [6.45, 7) is 4.28. The van der Waals surface area contributed by atoms with Gasteiger partial charge in [0.05, 0.1) is 11.4 Å². The maximum atomic E-state index is 2.41. The molecule has 0 amide bonds. The van der Waals surface area contributed by atoms with Crippen LogP contribution in [0.15, 0.2) is 170 Å². The van der Waals surface area contributed by atoms with Gasteiger partial charge in [-0.1, -0.05) is 120 Å². The van der Waals surface area contributed by atoms with E-state index in [0.717, 1.165) is 34.1 Å². The fourth-order valence-corrected chi connectivity index (χ4v) is 6.69. The first-order valence-corrected chi connectivity index (χ1v) is 15.9. The lowest BCUT2D eigenvalue weighted by atomic mass is 9.93. The molecule has 0 saturated carbocycles. The van der Waals surface area contributed by atoms with Crippen molar-refractivity contribution in [1.82, 2.24) is 0 Å². The molecule has 0 aliphatic carbocycles. The van der Waals surface area contributed by atoms with Crippen LogP contribution in [-0.4, -0.2) is 0 Å².